The first-order chi connectivity index (χ1) is 13.6. The zero-order chi connectivity index (χ0) is 19.5. The normalized spacial score (nSPS) is 15.0. The second-order valence-corrected chi connectivity index (χ2v) is 6.88. The maximum Gasteiger partial charge on any atom is 0.254 e. The number of hydrogen-bond acceptors (Lipinski definition) is 5. The highest BCUT2D eigenvalue weighted by molar-refractivity contribution is 5.94. The molecule has 0 atom stereocenters. The van der Waals surface area contributed by atoms with Crippen molar-refractivity contribution in [3.63, 3.8) is 0 Å². The molecule has 1 fully saturated rings. The van der Waals surface area contributed by atoms with Crippen LogP contribution in [0, 0.1) is 0 Å². The van der Waals surface area contributed by atoms with Gasteiger partial charge in [-0.3, -0.25) is 19.5 Å². The summed E-state index contributed by atoms with van der Waals surface area (Å²) in [5, 5.41) is 0.974. The lowest BCUT2D eigenvalue weighted by Gasteiger charge is -2.34. The Bertz CT molecular complexity index is 1040. The van der Waals surface area contributed by atoms with E-state index >= 15 is 0 Å². The van der Waals surface area contributed by atoms with Crippen LogP contribution in [0.5, 0.6) is 5.75 Å². The fourth-order valence-corrected chi connectivity index (χ4v) is 3.50. The summed E-state index contributed by atoms with van der Waals surface area (Å²) in [6.45, 7) is 3.32. The summed E-state index contributed by atoms with van der Waals surface area (Å²) in [5.41, 5.74) is 2.06. The van der Waals surface area contributed by atoms with Gasteiger partial charge in [0.1, 0.15) is 5.75 Å². The average molecular weight is 378 g/mol. The third-order valence-electron chi connectivity index (χ3n) is 5.11. The number of nitrogens with zero attached hydrogens (tertiary/aromatic N) is 3. The van der Waals surface area contributed by atoms with Gasteiger partial charge >= 0.3 is 0 Å². The Kier molecular flexibility index (Phi) is 5.08. The summed E-state index contributed by atoms with van der Waals surface area (Å²) in [5.74, 6) is 0.741. The van der Waals surface area contributed by atoms with E-state index in [1.165, 1.54) is 0 Å². The van der Waals surface area contributed by atoms with Crippen molar-refractivity contribution >= 4 is 16.8 Å². The number of hydrogen-bond donors (Lipinski definition) is 1. The predicted molar refractivity (Wildman–Crippen MR) is 107 cm³/mol. The van der Waals surface area contributed by atoms with Crippen molar-refractivity contribution in [3.8, 4) is 5.75 Å². The molecule has 1 aliphatic heterocycles. The third-order valence-corrected chi connectivity index (χ3v) is 5.11. The second kappa shape index (κ2) is 7.82. The SMILES string of the molecule is COc1ccc2cc(CN3CCN(C(=O)c4ccncc4)CC3)c(=O)[nH]c2c1. The number of H-pyrrole nitrogens is 1. The van der Waals surface area contributed by atoms with E-state index < -0.39 is 0 Å². The Morgan fingerprint density at radius 1 is 1.11 bits per heavy atom. The number of rotatable bonds is 4. The van der Waals surface area contributed by atoms with Crippen molar-refractivity contribution in [3.05, 3.63) is 70.3 Å². The van der Waals surface area contributed by atoms with E-state index in [0.29, 0.717) is 30.9 Å². The summed E-state index contributed by atoms with van der Waals surface area (Å²) < 4.78 is 5.21. The van der Waals surface area contributed by atoms with Gasteiger partial charge < -0.3 is 14.6 Å². The van der Waals surface area contributed by atoms with Gasteiger partial charge in [-0.15, -0.1) is 0 Å². The number of aromatic nitrogens is 2. The van der Waals surface area contributed by atoms with Gasteiger partial charge in [-0.1, -0.05) is 0 Å². The molecule has 1 aliphatic rings. The Hall–Kier alpha value is -3.19. The van der Waals surface area contributed by atoms with Crippen LogP contribution in [0.3, 0.4) is 0 Å². The van der Waals surface area contributed by atoms with E-state index in [2.05, 4.69) is 14.9 Å². The van der Waals surface area contributed by atoms with Gasteiger partial charge in [0, 0.05) is 62.3 Å². The average Bonchev–Trinajstić information content (AvgIpc) is 2.74. The predicted octanol–water partition coefficient (Wildman–Crippen LogP) is 1.89. The minimum Gasteiger partial charge on any atom is -0.497 e. The number of nitrogens with one attached hydrogen (secondary N) is 1. The molecule has 28 heavy (non-hydrogen) atoms. The van der Waals surface area contributed by atoms with E-state index in [1.807, 2.05) is 29.2 Å². The van der Waals surface area contributed by atoms with Crippen LogP contribution in [0.25, 0.3) is 10.9 Å². The highest BCUT2D eigenvalue weighted by atomic mass is 16.5. The van der Waals surface area contributed by atoms with Crippen LogP contribution in [0.2, 0.25) is 0 Å². The second-order valence-electron chi connectivity index (χ2n) is 6.88. The van der Waals surface area contributed by atoms with Gasteiger partial charge in [0.25, 0.3) is 11.5 Å². The van der Waals surface area contributed by atoms with Gasteiger partial charge in [-0.25, -0.2) is 0 Å². The molecule has 3 aromatic rings. The largest absolute Gasteiger partial charge is 0.497 e. The summed E-state index contributed by atoms with van der Waals surface area (Å²) in [6, 6.07) is 11.1. The fraction of sp³-hybridized carbons (Fsp3) is 0.286. The minimum atomic E-state index is -0.0870. The molecule has 0 aliphatic carbocycles. The smallest absolute Gasteiger partial charge is 0.254 e. The first-order valence-electron chi connectivity index (χ1n) is 9.25. The lowest BCUT2D eigenvalue weighted by atomic mass is 10.1. The van der Waals surface area contributed by atoms with E-state index in [9.17, 15) is 9.59 Å². The van der Waals surface area contributed by atoms with Gasteiger partial charge in [0.05, 0.1) is 12.6 Å². The number of carbonyl (C=O) groups is 1. The zero-order valence-corrected chi connectivity index (χ0v) is 15.7. The number of piperazine rings is 1. The maximum absolute atomic E-state index is 12.5. The van der Waals surface area contributed by atoms with Crippen LogP contribution in [-0.4, -0.2) is 59.0 Å². The zero-order valence-electron chi connectivity index (χ0n) is 15.7. The topological polar surface area (TPSA) is 78.5 Å². The molecular weight excluding hydrogens is 356 g/mol. The van der Waals surface area contributed by atoms with Crippen molar-refractivity contribution in [2.45, 2.75) is 6.54 Å². The summed E-state index contributed by atoms with van der Waals surface area (Å²) in [4.78, 5) is 35.9. The number of aromatic amines is 1. The van der Waals surface area contributed by atoms with Crippen LogP contribution in [-0.2, 0) is 6.54 Å². The van der Waals surface area contributed by atoms with E-state index in [1.54, 1.807) is 31.6 Å². The fourth-order valence-electron chi connectivity index (χ4n) is 3.50. The van der Waals surface area contributed by atoms with Crippen molar-refractivity contribution in [1.82, 2.24) is 19.8 Å². The highest BCUT2D eigenvalue weighted by Crippen LogP contribution is 2.19. The van der Waals surface area contributed by atoms with Crippen LogP contribution < -0.4 is 10.3 Å². The van der Waals surface area contributed by atoms with Gasteiger partial charge in [0.2, 0.25) is 0 Å². The Balaban J connectivity index is 1.43. The molecule has 7 heteroatoms. The van der Waals surface area contributed by atoms with E-state index in [-0.39, 0.29) is 11.5 Å². The Morgan fingerprint density at radius 3 is 2.57 bits per heavy atom. The number of methoxy groups -OCH3 is 1. The number of pyridine rings is 2. The molecule has 0 spiro atoms. The van der Waals surface area contributed by atoms with Crippen molar-refractivity contribution in [2.24, 2.45) is 0 Å². The van der Waals surface area contributed by atoms with E-state index in [0.717, 1.165) is 29.6 Å². The summed E-state index contributed by atoms with van der Waals surface area (Å²) in [6.07, 6.45) is 3.26. The Labute approximate surface area is 162 Å². The summed E-state index contributed by atoms with van der Waals surface area (Å²) in [7, 11) is 1.60. The molecule has 1 amide bonds. The molecule has 3 heterocycles. The molecule has 1 N–H and O–H groups in total. The van der Waals surface area contributed by atoms with Crippen LogP contribution in [0.15, 0.2) is 53.6 Å². The van der Waals surface area contributed by atoms with Gasteiger partial charge in [0.15, 0.2) is 0 Å². The number of ether oxygens (including phenoxy) is 1. The minimum absolute atomic E-state index is 0.0274. The van der Waals surface area contributed by atoms with Crippen LogP contribution >= 0.6 is 0 Å². The highest BCUT2D eigenvalue weighted by Gasteiger charge is 2.22. The quantitative estimate of drug-likeness (QED) is 0.750. The molecule has 0 radical (unpaired) electrons. The maximum atomic E-state index is 12.5. The molecule has 0 saturated carbocycles. The Morgan fingerprint density at radius 2 is 1.86 bits per heavy atom. The first-order valence-corrected chi connectivity index (χ1v) is 9.25. The number of amides is 1. The molecular formula is C21H22N4O3. The van der Waals surface area contributed by atoms with Gasteiger partial charge in [-0.05, 0) is 35.7 Å². The molecule has 4 rings (SSSR count). The van der Waals surface area contributed by atoms with Crippen LogP contribution in [0.1, 0.15) is 15.9 Å². The van der Waals surface area contributed by atoms with E-state index in [4.69, 9.17) is 4.74 Å². The number of fused-ring (bicyclic) bond motifs is 1. The number of benzene rings is 1. The third kappa shape index (κ3) is 3.75. The lowest BCUT2D eigenvalue weighted by Crippen LogP contribution is -2.48. The van der Waals surface area contributed by atoms with Crippen molar-refractivity contribution < 1.29 is 9.53 Å². The van der Waals surface area contributed by atoms with Gasteiger partial charge in [-0.2, -0.15) is 0 Å². The number of carbonyl (C=O) groups excluding carboxylic acids is 1. The lowest BCUT2D eigenvalue weighted by molar-refractivity contribution is 0.0628. The molecule has 2 aromatic heterocycles. The van der Waals surface area contributed by atoms with Crippen molar-refractivity contribution in [2.75, 3.05) is 33.3 Å². The first kappa shape index (κ1) is 18.2. The molecule has 0 unspecified atom stereocenters. The molecule has 144 valence electrons. The van der Waals surface area contributed by atoms with Crippen molar-refractivity contribution in [1.29, 1.82) is 0 Å². The molecule has 1 saturated heterocycles. The van der Waals surface area contributed by atoms with Crippen LogP contribution in [0.4, 0.5) is 0 Å². The molecule has 1 aromatic carbocycles. The molecule has 7 nitrogen and oxygen atoms in total. The molecule has 0 bridgehead atoms. The standard InChI is InChI=1S/C21H22N4O3/c1-28-18-3-2-16-12-17(20(26)23-19(16)13-18)14-24-8-10-25(11-9-24)21(27)15-4-6-22-7-5-15/h2-7,12-13H,8-11,14H2,1H3,(H,23,26). The monoisotopic (exact) mass is 378 g/mol. The summed E-state index contributed by atoms with van der Waals surface area (Å²) >= 11 is 0.